The van der Waals surface area contributed by atoms with Gasteiger partial charge >= 0.3 is 5.97 Å². The van der Waals surface area contributed by atoms with Gasteiger partial charge in [-0.3, -0.25) is 0 Å². The molecule has 0 aliphatic carbocycles. The van der Waals surface area contributed by atoms with Crippen LogP contribution in [0.3, 0.4) is 0 Å². The number of aromatic nitrogens is 4. The Morgan fingerprint density at radius 3 is 2.46 bits per heavy atom. The first kappa shape index (κ1) is 15.6. The van der Waals surface area contributed by atoms with Gasteiger partial charge in [-0.2, -0.15) is 4.68 Å². The molecule has 0 unspecified atom stereocenters. The molecule has 24 heavy (non-hydrogen) atoms. The number of anilines is 1. The molecule has 0 bridgehead atoms. The molecule has 0 saturated carbocycles. The van der Waals surface area contributed by atoms with E-state index < -0.39 is 12.0 Å². The maximum absolute atomic E-state index is 11.4. The number of rotatable bonds is 5. The number of tetrazole rings is 1. The van der Waals surface area contributed by atoms with Crippen LogP contribution in [0.1, 0.15) is 11.6 Å². The summed E-state index contributed by atoms with van der Waals surface area (Å²) >= 11 is 0. The SMILES string of the molecule is COc1cc(OC)c([C@H]2C=C(C(=O)O)Nc3nnnn32)cc1OC. The van der Waals surface area contributed by atoms with Gasteiger partial charge in [0.25, 0.3) is 0 Å². The second kappa shape index (κ2) is 6.07. The van der Waals surface area contributed by atoms with Crippen molar-refractivity contribution in [1.82, 2.24) is 20.2 Å². The fraction of sp³-hybridized carbons (Fsp3) is 0.286. The number of fused-ring (bicyclic) bond motifs is 1. The summed E-state index contributed by atoms with van der Waals surface area (Å²) in [7, 11) is 4.54. The van der Waals surface area contributed by atoms with Crippen LogP contribution in [0.5, 0.6) is 17.2 Å². The summed E-state index contributed by atoms with van der Waals surface area (Å²) in [6.45, 7) is 0. The molecule has 2 heterocycles. The molecule has 0 amide bonds. The van der Waals surface area contributed by atoms with E-state index in [0.717, 1.165) is 0 Å². The zero-order chi connectivity index (χ0) is 17.3. The molecule has 3 rings (SSSR count). The molecule has 126 valence electrons. The largest absolute Gasteiger partial charge is 0.496 e. The van der Waals surface area contributed by atoms with Crippen molar-refractivity contribution in [3.63, 3.8) is 0 Å². The van der Waals surface area contributed by atoms with Crippen LogP contribution < -0.4 is 19.5 Å². The third-order valence-corrected chi connectivity index (χ3v) is 3.61. The van der Waals surface area contributed by atoms with Crippen molar-refractivity contribution in [2.24, 2.45) is 0 Å². The van der Waals surface area contributed by atoms with Crippen molar-refractivity contribution >= 4 is 11.9 Å². The van der Waals surface area contributed by atoms with Gasteiger partial charge in [0, 0.05) is 11.6 Å². The Balaban J connectivity index is 2.19. The van der Waals surface area contributed by atoms with Gasteiger partial charge in [0.1, 0.15) is 17.5 Å². The van der Waals surface area contributed by atoms with E-state index in [2.05, 4.69) is 20.8 Å². The molecule has 0 fully saturated rings. The Kier molecular flexibility index (Phi) is 3.94. The summed E-state index contributed by atoms with van der Waals surface area (Å²) in [6, 6.07) is 2.78. The van der Waals surface area contributed by atoms with E-state index in [9.17, 15) is 9.90 Å². The Bertz CT molecular complexity index is 816. The third kappa shape index (κ3) is 2.47. The number of nitrogens with zero attached hydrogens (tertiary/aromatic N) is 4. The first-order chi connectivity index (χ1) is 11.6. The molecule has 1 atom stereocenters. The van der Waals surface area contributed by atoms with Crippen molar-refractivity contribution in [3.05, 3.63) is 29.5 Å². The smallest absolute Gasteiger partial charge is 0.352 e. The highest BCUT2D eigenvalue weighted by Gasteiger charge is 2.29. The molecule has 1 aliphatic rings. The lowest BCUT2D eigenvalue weighted by molar-refractivity contribution is -0.132. The predicted octanol–water partition coefficient (Wildman–Crippen LogP) is 0.682. The maximum Gasteiger partial charge on any atom is 0.352 e. The quantitative estimate of drug-likeness (QED) is 0.813. The van der Waals surface area contributed by atoms with Gasteiger partial charge in [-0.05, 0) is 22.6 Å². The number of ether oxygens (including phenoxy) is 3. The van der Waals surface area contributed by atoms with E-state index >= 15 is 0 Å². The number of carbonyl (C=O) groups is 1. The number of nitrogens with one attached hydrogen (secondary N) is 1. The van der Waals surface area contributed by atoms with Crippen LogP contribution in [0.25, 0.3) is 0 Å². The van der Waals surface area contributed by atoms with Gasteiger partial charge in [-0.1, -0.05) is 5.10 Å². The van der Waals surface area contributed by atoms with Gasteiger partial charge < -0.3 is 24.6 Å². The molecular weight excluding hydrogens is 318 g/mol. The van der Waals surface area contributed by atoms with E-state index in [1.807, 2.05) is 0 Å². The van der Waals surface area contributed by atoms with Gasteiger partial charge in [0.05, 0.1) is 21.3 Å². The average molecular weight is 333 g/mol. The van der Waals surface area contributed by atoms with Crippen LogP contribution in [-0.2, 0) is 4.79 Å². The predicted molar refractivity (Wildman–Crippen MR) is 81.4 cm³/mol. The van der Waals surface area contributed by atoms with Gasteiger partial charge in [0.2, 0.25) is 5.95 Å². The molecule has 2 N–H and O–H groups in total. The fourth-order valence-corrected chi connectivity index (χ4v) is 2.48. The van der Waals surface area contributed by atoms with E-state index in [-0.39, 0.29) is 11.6 Å². The summed E-state index contributed by atoms with van der Waals surface area (Å²) in [4.78, 5) is 11.4. The lowest BCUT2D eigenvalue weighted by Gasteiger charge is -2.24. The molecule has 0 spiro atoms. The van der Waals surface area contributed by atoms with Crippen LogP contribution in [0.15, 0.2) is 23.9 Å². The van der Waals surface area contributed by atoms with Crippen LogP contribution in [-0.4, -0.2) is 52.6 Å². The van der Waals surface area contributed by atoms with Crippen molar-refractivity contribution in [2.45, 2.75) is 6.04 Å². The zero-order valence-corrected chi connectivity index (χ0v) is 13.2. The molecule has 0 radical (unpaired) electrons. The molecule has 1 aromatic heterocycles. The number of hydrogen-bond donors (Lipinski definition) is 2. The van der Waals surface area contributed by atoms with E-state index in [1.54, 1.807) is 12.1 Å². The number of hydrogen-bond acceptors (Lipinski definition) is 8. The number of carboxylic acid groups (broad SMARTS) is 1. The number of allylic oxidation sites excluding steroid dienone is 1. The molecule has 2 aromatic rings. The Labute approximate surface area is 136 Å². The van der Waals surface area contributed by atoms with Crippen molar-refractivity contribution < 1.29 is 24.1 Å². The summed E-state index contributed by atoms with van der Waals surface area (Å²) < 4.78 is 17.4. The summed E-state index contributed by atoms with van der Waals surface area (Å²) in [5, 5.41) is 23.2. The number of carboxylic acids is 1. The summed E-state index contributed by atoms with van der Waals surface area (Å²) in [6.07, 6.45) is 1.50. The van der Waals surface area contributed by atoms with Crippen LogP contribution >= 0.6 is 0 Å². The maximum atomic E-state index is 11.4. The standard InChI is InChI=1S/C14H15N5O5/c1-22-10-6-12(24-3)11(23-2)4-7(10)9-5-8(13(20)21)15-14-16-17-18-19(9)14/h4-6,9H,1-3H3,(H,20,21)(H,15,16,18)/t9-/m1/s1. The average Bonchev–Trinajstić information content (AvgIpc) is 3.08. The Hall–Kier alpha value is -3.30. The van der Waals surface area contributed by atoms with Crippen LogP contribution in [0, 0.1) is 0 Å². The van der Waals surface area contributed by atoms with E-state index in [0.29, 0.717) is 22.8 Å². The summed E-state index contributed by atoms with van der Waals surface area (Å²) in [5.74, 6) is 0.561. The van der Waals surface area contributed by atoms with E-state index in [1.165, 1.54) is 32.1 Å². The van der Waals surface area contributed by atoms with Gasteiger partial charge in [-0.25, -0.2) is 4.79 Å². The Morgan fingerprint density at radius 1 is 1.17 bits per heavy atom. The van der Waals surface area contributed by atoms with E-state index in [4.69, 9.17) is 14.2 Å². The minimum absolute atomic E-state index is 0.0286. The normalized spacial score (nSPS) is 15.8. The molecule has 1 aliphatic heterocycles. The highest BCUT2D eigenvalue weighted by molar-refractivity contribution is 5.90. The molecular formula is C14H15N5O5. The van der Waals surface area contributed by atoms with Crippen LogP contribution in [0.2, 0.25) is 0 Å². The van der Waals surface area contributed by atoms with Crippen molar-refractivity contribution in [1.29, 1.82) is 0 Å². The molecule has 0 saturated heterocycles. The molecule has 10 nitrogen and oxygen atoms in total. The highest BCUT2D eigenvalue weighted by atomic mass is 16.5. The van der Waals surface area contributed by atoms with Gasteiger partial charge in [-0.15, -0.1) is 0 Å². The topological polar surface area (TPSA) is 121 Å². The third-order valence-electron chi connectivity index (χ3n) is 3.61. The van der Waals surface area contributed by atoms with Gasteiger partial charge in [0.15, 0.2) is 11.5 Å². The minimum Gasteiger partial charge on any atom is -0.496 e. The molecule has 1 aromatic carbocycles. The first-order valence-electron chi connectivity index (χ1n) is 6.89. The lowest BCUT2D eigenvalue weighted by Crippen LogP contribution is -2.24. The summed E-state index contributed by atoms with van der Waals surface area (Å²) in [5.41, 5.74) is 0.600. The number of aliphatic carboxylic acids is 1. The fourth-order valence-electron chi connectivity index (χ4n) is 2.48. The molecule has 10 heteroatoms. The minimum atomic E-state index is -1.12. The number of benzene rings is 1. The Morgan fingerprint density at radius 2 is 1.83 bits per heavy atom. The van der Waals surface area contributed by atoms with Crippen molar-refractivity contribution in [3.8, 4) is 17.2 Å². The van der Waals surface area contributed by atoms with Crippen molar-refractivity contribution in [2.75, 3.05) is 26.6 Å². The highest BCUT2D eigenvalue weighted by Crippen LogP contribution is 2.40. The lowest BCUT2D eigenvalue weighted by atomic mass is 10.0. The second-order valence-electron chi connectivity index (χ2n) is 4.85. The number of methoxy groups -OCH3 is 3. The zero-order valence-electron chi connectivity index (χ0n) is 13.2. The first-order valence-corrected chi connectivity index (χ1v) is 6.89. The monoisotopic (exact) mass is 333 g/mol. The van der Waals surface area contributed by atoms with Crippen LogP contribution in [0.4, 0.5) is 5.95 Å². The second-order valence-corrected chi connectivity index (χ2v) is 4.85.